The molecule has 1 aliphatic heterocycles. The molecule has 3 rings (SSSR count). The van der Waals surface area contributed by atoms with Crippen LogP contribution in [0.15, 0.2) is 54.6 Å². The number of benzene rings is 2. The van der Waals surface area contributed by atoms with Crippen molar-refractivity contribution >= 4 is 23.5 Å². The quantitative estimate of drug-likeness (QED) is 0.826. The first-order chi connectivity index (χ1) is 13.0. The third-order valence-corrected chi connectivity index (χ3v) is 4.73. The van der Waals surface area contributed by atoms with Gasteiger partial charge >= 0.3 is 5.97 Å². The predicted octanol–water partition coefficient (Wildman–Crippen LogP) is 3.02. The number of carbonyl (C=O) groups excluding carboxylic acids is 3. The van der Waals surface area contributed by atoms with Crippen molar-refractivity contribution in [2.75, 3.05) is 19.0 Å². The Morgan fingerprint density at radius 3 is 2.41 bits per heavy atom. The van der Waals surface area contributed by atoms with Gasteiger partial charge in [-0.3, -0.25) is 9.59 Å². The first kappa shape index (κ1) is 18.6. The molecule has 0 bridgehead atoms. The molecule has 0 aromatic heterocycles. The molecule has 27 heavy (non-hydrogen) atoms. The minimum atomic E-state index is -0.477. The van der Waals surface area contributed by atoms with Crippen molar-refractivity contribution in [3.8, 4) is 0 Å². The number of amides is 2. The lowest BCUT2D eigenvalue weighted by Crippen LogP contribution is -2.30. The van der Waals surface area contributed by atoms with Crippen LogP contribution >= 0.6 is 0 Å². The number of ether oxygens (including phenoxy) is 1. The van der Waals surface area contributed by atoms with Gasteiger partial charge in [0.2, 0.25) is 11.8 Å². The molecule has 1 N–H and O–H groups in total. The summed E-state index contributed by atoms with van der Waals surface area (Å²) in [5.74, 6) is -1.15. The highest BCUT2D eigenvalue weighted by atomic mass is 16.5. The Morgan fingerprint density at radius 2 is 1.78 bits per heavy atom. The molecule has 0 aliphatic carbocycles. The number of nitrogens with one attached hydrogen (secondary N) is 1. The molecule has 140 valence electrons. The highest BCUT2D eigenvalue weighted by Crippen LogP contribution is 2.37. The van der Waals surface area contributed by atoms with Gasteiger partial charge in [0.1, 0.15) is 0 Å². The molecule has 0 spiro atoms. The van der Waals surface area contributed by atoms with Crippen molar-refractivity contribution < 1.29 is 19.1 Å². The highest BCUT2D eigenvalue weighted by Gasteiger charge is 2.42. The van der Waals surface area contributed by atoms with Gasteiger partial charge in [-0.15, -0.1) is 0 Å². The number of likely N-dealkylation sites (tertiary alicyclic amines) is 1. The van der Waals surface area contributed by atoms with Gasteiger partial charge in [0.05, 0.1) is 24.1 Å². The summed E-state index contributed by atoms with van der Waals surface area (Å²) in [6.07, 6.45) is 0.169. The third kappa shape index (κ3) is 4.00. The van der Waals surface area contributed by atoms with Gasteiger partial charge in [0.25, 0.3) is 0 Å². The minimum Gasteiger partial charge on any atom is -0.462 e. The van der Waals surface area contributed by atoms with Crippen LogP contribution in [0.25, 0.3) is 0 Å². The summed E-state index contributed by atoms with van der Waals surface area (Å²) in [6, 6.07) is 15.8. The summed E-state index contributed by atoms with van der Waals surface area (Å²) >= 11 is 0. The molecular formula is C21H22N2O4. The Morgan fingerprint density at radius 1 is 1.11 bits per heavy atom. The zero-order valence-corrected chi connectivity index (χ0v) is 15.3. The van der Waals surface area contributed by atoms with E-state index in [1.165, 1.54) is 0 Å². The molecule has 2 amide bonds. The molecule has 1 aliphatic rings. The minimum absolute atomic E-state index is 0.0540. The third-order valence-electron chi connectivity index (χ3n) is 4.73. The van der Waals surface area contributed by atoms with Crippen molar-refractivity contribution in [2.24, 2.45) is 5.92 Å². The molecule has 1 fully saturated rings. The SMILES string of the molecule is CCOC(=O)c1ccc(NC(=O)[C@H]2CC(=O)N(C)[C@H]2c2ccccc2)cc1. The molecule has 1 heterocycles. The zero-order chi connectivity index (χ0) is 19.4. The van der Waals surface area contributed by atoms with E-state index in [2.05, 4.69) is 5.32 Å². The van der Waals surface area contributed by atoms with Crippen LogP contribution in [0.4, 0.5) is 5.69 Å². The topological polar surface area (TPSA) is 75.7 Å². The molecule has 0 unspecified atom stereocenters. The van der Waals surface area contributed by atoms with E-state index in [0.717, 1.165) is 5.56 Å². The largest absolute Gasteiger partial charge is 0.462 e. The molecule has 0 saturated carbocycles. The normalized spacial score (nSPS) is 19.0. The second kappa shape index (κ2) is 8.03. The lowest BCUT2D eigenvalue weighted by Gasteiger charge is -2.25. The summed E-state index contributed by atoms with van der Waals surface area (Å²) in [5, 5.41) is 2.85. The van der Waals surface area contributed by atoms with Crippen LogP contribution in [0.1, 0.15) is 35.3 Å². The number of nitrogens with zero attached hydrogens (tertiary/aromatic N) is 1. The van der Waals surface area contributed by atoms with Gasteiger partial charge < -0.3 is 15.0 Å². The standard InChI is InChI=1S/C21H22N2O4/c1-3-27-21(26)15-9-11-16(12-10-15)22-20(25)17-13-18(24)23(2)19(17)14-7-5-4-6-8-14/h4-12,17,19H,3,13H2,1-2H3,(H,22,25)/t17-,19-/m0/s1. The van der Waals surface area contributed by atoms with Gasteiger partial charge in [-0.2, -0.15) is 0 Å². The number of rotatable bonds is 5. The summed E-state index contributed by atoms with van der Waals surface area (Å²) < 4.78 is 4.95. The molecule has 2 aromatic rings. The highest BCUT2D eigenvalue weighted by molar-refractivity contribution is 5.98. The monoisotopic (exact) mass is 366 g/mol. The first-order valence-electron chi connectivity index (χ1n) is 8.90. The second-order valence-electron chi connectivity index (χ2n) is 6.46. The van der Waals surface area contributed by atoms with Gasteiger partial charge in [0.15, 0.2) is 0 Å². The number of hydrogen-bond acceptors (Lipinski definition) is 4. The van der Waals surface area contributed by atoms with Crippen LogP contribution in [0.3, 0.4) is 0 Å². The fourth-order valence-corrected chi connectivity index (χ4v) is 3.35. The Balaban J connectivity index is 1.74. The number of anilines is 1. The summed E-state index contributed by atoms with van der Waals surface area (Å²) in [6.45, 7) is 2.05. The van der Waals surface area contributed by atoms with E-state index < -0.39 is 11.9 Å². The fourth-order valence-electron chi connectivity index (χ4n) is 3.35. The maximum Gasteiger partial charge on any atom is 0.338 e. The average Bonchev–Trinajstić information content (AvgIpc) is 2.98. The summed E-state index contributed by atoms with van der Waals surface area (Å²) in [7, 11) is 1.72. The summed E-state index contributed by atoms with van der Waals surface area (Å²) in [5.41, 5.74) is 1.93. The lowest BCUT2D eigenvalue weighted by molar-refractivity contribution is -0.128. The predicted molar refractivity (Wildman–Crippen MR) is 101 cm³/mol. The molecule has 1 saturated heterocycles. The van der Waals surface area contributed by atoms with Crippen LogP contribution in [-0.4, -0.2) is 36.3 Å². The van der Waals surface area contributed by atoms with Crippen molar-refractivity contribution in [2.45, 2.75) is 19.4 Å². The number of carbonyl (C=O) groups is 3. The fraction of sp³-hybridized carbons (Fsp3) is 0.286. The summed E-state index contributed by atoms with van der Waals surface area (Å²) in [4.78, 5) is 38.4. The number of esters is 1. The van der Waals surface area contributed by atoms with E-state index >= 15 is 0 Å². The van der Waals surface area contributed by atoms with Crippen molar-refractivity contribution in [1.29, 1.82) is 0 Å². The molecule has 6 nitrogen and oxygen atoms in total. The molecule has 2 atom stereocenters. The van der Waals surface area contributed by atoms with Gasteiger partial charge in [-0.05, 0) is 36.8 Å². The van der Waals surface area contributed by atoms with Crippen LogP contribution in [0.2, 0.25) is 0 Å². The van der Waals surface area contributed by atoms with E-state index in [0.29, 0.717) is 17.9 Å². The van der Waals surface area contributed by atoms with Crippen LogP contribution in [-0.2, 0) is 14.3 Å². The molecular weight excluding hydrogens is 344 g/mol. The second-order valence-corrected chi connectivity index (χ2v) is 6.46. The maximum absolute atomic E-state index is 12.8. The maximum atomic E-state index is 12.8. The first-order valence-corrected chi connectivity index (χ1v) is 8.90. The lowest BCUT2D eigenvalue weighted by atomic mass is 9.93. The van der Waals surface area contributed by atoms with E-state index in [9.17, 15) is 14.4 Å². The van der Waals surface area contributed by atoms with Crippen molar-refractivity contribution in [3.63, 3.8) is 0 Å². The molecule has 2 aromatic carbocycles. The van der Waals surface area contributed by atoms with E-state index in [-0.39, 0.29) is 24.3 Å². The van der Waals surface area contributed by atoms with E-state index in [1.807, 2.05) is 30.3 Å². The Labute approximate surface area is 158 Å². The van der Waals surface area contributed by atoms with Gasteiger partial charge in [0, 0.05) is 19.2 Å². The Bertz CT molecular complexity index is 833. The Hall–Kier alpha value is -3.15. The van der Waals surface area contributed by atoms with Crippen molar-refractivity contribution in [3.05, 3.63) is 65.7 Å². The van der Waals surface area contributed by atoms with Gasteiger partial charge in [-0.1, -0.05) is 30.3 Å². The van der Waals surface area contributed by atoms with Crippen LogP contribution < -0.4 is 5.32 Å². The Kier molecular flexibility index (Phi) is 5.54. The van der Waals surface area contributed by atoms with Crippen LogP contribution in [0.5, 0.6) is 0 Å². The average molecular weight is 366 g/mol. The molecule has 0 radical (unpaired) electrons. The smallest absolute Gasteiger partial charge is 0.338 e. The number of hydrogen-bond donors (Lipinski definition) is 1. The van der Waals surface area contributed by atoms with Crippen molar-refractivity contribution in [1.82, 2.24) is 4.90 Å². The van der Waals surface area contributed by atoms with Gasteiger partial charge in [-0.25, -0.2) is 4.79 Å². The zero-order valence-electron chi connectivity index (χ0n) is 15.3. The van der Waals surface area contributed by atoms with Crippen LogP contribution in [0, 0.1) is 5.92 Å². The van der Waals surface area contributed by atoms with E-state index in [4.69, 9.17) is 4.74 Å². The molecule has 6 heteroatoms. The van der Waals surface area contributed by atoms with E-state index in [1.54, 1.807) is 43.1 Å².